The van der Waals surface area contributed by atoms with Gasteiger partial charge in [-0.05, 0) is 18.2 Å². The molecule has 0 aromatic heterocycles. The number of carbonyl (C=O) groups excluding carboxylic acids is 12. The average molecular weight is 1640 g/mol. The molecule has 3 N–H and O–H groups in total. The maximum absolute atomic E-state index is 12.0. The Balaban J connectivity index is 0.000000360. The van der Waals surface area contributed by atoms with Crippen LogP contribution in [0.15, 0.2) is 38.0 Å². The minimum Gasteiger partial charge on any atom is -0.463 e. The van der Waals surface area contributed by atoms with Gasteiger partial charge < -0.3 is 130 Å². The van der Waals surface area contributed by atoms with Gasteiger partial charge in [-0.25, -0.2) is 0 Å². The summed E-state index contributed by atoms with van der Waals surface area (Å²) in [5.41, 5.74) is 0. The van der Waals surface area contributed by atoms with E-state index in [4.69, 9.17) is 114 Å². The van der Waals surface area contributed by atoms with E-state index in [1.165, 1.54) is 83.6 Å². The molecule has 6 aliphatic heterocycles. The maximum atomic E-state index is 12.0. The lowest BCUT2D eigenvalue weighted by Crippen LogP contribution is -2.61. The fraction of sp³-hybridized carbons (Fsp3) is 0.760. The van der Waals surface area contributed by atoms with E-state index < -0.39 is 236 Å². The van der Waals surface area contributed by atoms with E-state index in [1.54, 1.807) is 0 Å². The van der Waals surface area contributed by atoms with Crippen molar-refractivity contribution < 1.29 is 171 Å². The summed E-state index contributed by atoms with van der Waals surface area (Å²) in [6, 6.07) is 0. The number of esters is 9. The van der Waals surface area contributed by atoms with Gasteiger partial charge in [0.15, 0.2) is 37.2 Å². The molecule has 3 amide bonds. The highest BCUT2D eigenvalue weighted by Crippen LogP contribution is 2.40. The number of ether oxygens (including phenoxy) is 24. The van der Waals surface area contributed by atoms with E-state index in [2.05, 4.69) is 35.7 Å². The topological polar surface area (TPSA) is 462 Å². The molecule has 6 rings (SSSR count). The van der Waals surface area contributed by atoms with E-state index in [-0.39, 0.29) is 79.7 Å². The smallest absolute Gasteiger partial charge is 0.303 e. The van der Waals surface area contributed by atoms with Gasteiger partial charge in [0.2, 0.25) is 17.7 Å². The summed E-state index contributed by atoms with van der Waals surface area (Å²) in [4.78, 5) is 139. The molecule has 0 bridgehead atoms. The molecule has 0 aliphatic carbocycles. The normalized spacial score (nSPS) is 33.1. The molecular weight excluding hydrogens is 1520 g/mol. The first-order valence-corrected chi connectivity index (χ1v) is 37.2. The van der Waals surface area contributed by atoms with Crippen molar-refractivity contribution in [3.8, 4) is 0 Å². The summed E-state index contributed by atoms with van der Waals surface area (Å²) < 4.78 is 137. The third-order valence-corrected chi connectivity index (χ3v) is 19.1. The highest BCUT2D eigenvalue weighted by atomic mass is 16.8. The summed E-state index contributed by atoms with van der Waals surface area (Å²) in [5, 5.41) is 7.52. The molecular formula is C75H117N3O36. The van der Waals surface area contributed by atoms with Crippen LogP contribution in [-0.2, 0) is 171 Å². The van der Waals surface area contributed by atoms with Crippen molar-refractivity contribution >= 4 is 71.4 Å². The molecule has 27 atom stereocenters. The molecule has 0 saturated carbocycles. The van der Waals surface area contributed by atoms with E-state index >= 15 is 0 Å². The van der Waals surface area contributed by atoms with Crippen LogP contribution in [0.4, 0.5) is 0 Å². The quantitative estimate of drug-likeness (QED) is 0.0263. The lowest BCUT2D eigenvalue weighted by Gasteiger charge is -2.47. The second kappa shape index (κ2) is 50.0. The second-order valence-corrected chi connectivity index (χ2v) is 27.7. The minimum atomic E-state index is -1.09. The summed E-state index contributed by atoms with van der Waals surface area (Å²) in [7, 11) is 4.50. The lowest BCUT2D eigenvalue weighted by atomic mass is 9.89. The van der Waals surface area contributed by atoms with Crippen molar-refractivity contribution in [1.29, 1.82) is 0 Å². The number of nitrogens with one attached hydrogen (secondary N) is 3. The number of hydrogen-bond donors (Lipinski definition) is 3. The molecule has 39 nitrogen and oxygen atoms in total. The second-order valence-electron chi connectivity index (χ2n) is 27.7. The standard InChI is InChI=1S/3C25H39NO12/c3*1-8-21(30)26-12-32-9-20-22(31-7)14(3)24(36-17(6)29)25(37-20)38-23-13(2)18(35-16(5)28)10-34-19(23)11-33-15(4)27/h3*8,13-14,18-20,22-25H,1,9-12H2,2-7H3,(H,26,30). The monoisotopic (exact) mass is 1640 g/mol. The van der Waals surface area contributed by atoms with Gasteiger partial charge in [0.05, 0.1) is 76.3 Å². The summed E-state index contributed by atoms with van der Waals surface area (Å²) in [6.07, 6.45) is -12.4. The molecule has 648 valence electrons. The number of rotatable bonds is 36. The molecule has 6 heterocycles. The maximum Gasteiger partial charge on any atom is 0.303 e. The lowest BCUT2D eigenvalue weighted by molar-refractivity contribution is -0.328. The molecule has 6 fully saturated rings. The van der Waals surface area contributed by atoms with Crippen molar-refractivity contribution in [3.63, 3.8) is 0 Å². The van der Waals surface area contributed by atoms with Gasteiger partial charge in [-0.2, -0.15) is 0 Å². The van der Waals surface area contributed by atoms with Crippen LogP contribution in [0.5, 0.6) is 0 Å². The fourth-order valence-corrected chi connectivity index (χ4v) is 13.5. The first kappa shape index (κ1) is 98.6. The van der Waals surface area contributed by atoms with Crippen LogP contribution < -0.4 is 16.0 Å². The van der Waals surface area contributed by atoms with Gasteiger partial charge in [-0.15, -0.1) is 0 Å². The molecule has 27 unspecified atom stereocenters. The molecule has 114 heavy (non-hydrogen) atoms. The van der Waals surface area contributed by atoms with E-state index in [1.807, 2.05) is 41.5 Å². The third-order valence-electron chi connectivity index (χ3n) is 19.1. The van der Waals surface area contributed by atoms with E-state index in [0.717, 1.165) is 18.2 Å². The summed E-state index contributed by atoms with van der Waals surface area (Å²) >= 11 is 0. The highest BCUT2D eigenvalue weighted by molar-refractivity contribution is 5.87. The van der Waals surface area contributed by atoms with Crippen molar-refractivity contribution in [3.05, 3.63) is 38.0 Å². The Kier molecular flexibility index (Phi) is 43.3. The minimum absolute atomic E-state index is 0.0244. The van der Waals surface area contributed by atoms with E-state index in [9.17, 15) is 57.5 Å². The molecule has 39 heteroatoms. The molecule has 0 aromatic rings. The Morgan fingerprint density at radius 3 is 0.728 bits per heavy atom. The van der Waals surface area contributed by atoms with Crippen LogP contribution in [0.1, 0.15) is 104 Å². The number of carbonyl (C=O) groups is 12. The molecule has 0 aromatic carbocycles. The Morgan fingerprint density at radius 1 is 0.307 bits per heavy atom. The molecule has 6 aliphatic rings. The zero-order valence-electron chi connectivity index (χ0n) is 68.1. The van der Waals surface area contributed by atoms with Crippen molar-refractivity contribution in [1.82, 2.24) is 16.0 Å². The van der Waals surface area contributed by atoms with E-state index in [0.29, 0.717) is 0 Å². The van der Waals surface area contributed by atoms with Crippen molar-refractivity contribution in [2.75, 3.05) is 101 Å². The molecule has 0 spiro atoms. The van der Waals surface area contributed by atoms with Crippen molar-refractivity contribution in [2.45, 2.75) is 233 Å². The first-order valence-electron chi connectivity index (χ1n) is 37.2. The zero-order chi connectivity index (χ0) is 85.2. The third kappa shape index (κ3) is 31.7. The van der Waals surface area contributed by atoms with Crippen LogP contribution in [0.2, 0.25) is 0 Å². The van der Waals surface area contributed by atoms with Crippen LogP contribution in [0.25, 0.3) is 0 Å². The number of hydrogen-bond acceptors (Lipinski definition) is 36. The molecule has 6 saturated heterocycles. The van der Waals surface area contributed by atoms with Crippen LogP contribution in [-0.4, -0.2) is 301 Å². The Hall–Kier alpha value is -7.74. The fourth-order valence-electron chi connectivity index (χ4n) is 13.5. The Labute approximate surface area is 663 Å². The first-order chi connectivity index (χ1) is 53.9. The van der Waals surface area contributed by atoms with Crippen molar-refractivity contribution in [2.24, 2.45) is 35.5 Å². The summed E-state index contributed by atoms with van der Waals surface area (Å²) in [5.74, 6) is -8.10. The van der Waals surface area contributed by atoms with Gasteiger partial charge in [-0.1, -0.05) is 61.3 Å². The predicted octanol–water partition coefficient (Wildman–Crippen LogP) is 1.46. The predicted molar refractivity (Wildman–Crippen MR) is 388 cm³/mol. The van der Waals surface area contributed by atoms with Gasteiger partial charge in [0.25, 0.3) is 0 Å². The van der Waals surface area contributed by atoms with Crippen LogP contribution in [0, 0.1) is 35.5 Å². The summed E-state index contributed by atoms with van der Waals surface area (Å²) in [6.45, 7) is 32.4. The Morgan fingerprint density at radius 2 is 0.535 bits per heavy atom. The zero-order valence-corrected chi connectivity index (χ0v) is 68.1. The highest BCUT2D eigenvalue weighted by Gasteiger charge is 2.54. The number of methoxy groups -OCH3 is 3. The van der Waals surface area contributed by atoms with Gasteiger partial charge in [-0.3, -0.25) is 57.5 Å². The largest absolute Gasteiger partial charge is 0.463 e. The molecule has 0 radical (unpaired) electrons. The SMILES string of the molecule is C=CC(=O)NCOCC1OC(OC2C(COC(C)=O)OCC(OC(C)=O)C2C)C(OC(C)=O)C(C)C1OC.C=CC(=O)NCOCC1OC(OC2C(COC(C)=O)OCC(OC(C)=O)C2C)C(OC(C)=O)C(C)C1OC.C=CC(=O)NCOCC1OC(OC2C(COC(C)=O)OCC(OC(C)=O)C2C)C(OC(C)=O)C(C)C1OC. The van der Waals surface area contributed by atoms with Gasteiger partial charge >= 0.3 is 53.7 Å². The van der Waals surface area contributed by atoms with Gasteiger partial charge in [0.1, 0.15) is 94.9 Å². The number of amides is 3. The van der Waals surface area contributed by atoms with Crippen LogP contribution in [0.3, 0.4) is 0 Å². The average Bonchev–Trinajstić information content (AvgIpc) is 0.787. The Bertz CT molecular complexity index is 2820. The van der Waals surface area contributed by atoms with Gasteiger partial charge in [0, 0.05) is 119 Å². The van der Waals surface area contributed by atoms with Crippen LogP contribution >= 0.6 is 0 Å².